The predicted molar refractivity (Wildman–Crippen MR) is 85.3 cm³/mol. The molecule has 1 aromatic heterocycles. The van der Waals surface area contributed by atoms with E-state index in [1.54, 1.807) is 11.8 Å². The summed E-state index contributed by atoms with van der Waals surface area (Å²) in [4.78, 5) is 6.44. The number of thioether (sulfide) groups is 1. The molecule has 0 amide bonds. The molecule has 108 valence electrons. The summed E-state index contributed by atoms with van der Waals surface area (Å²) in [6.45, 7) is 8.40. The summed E-state index contributed by atoms with van der Waals surface area (Å²) >= 11 is 1.61. The highest BCUT2D eigenvalue weighted by atomic mass is 32.2. The summed E-state index contributed by atoms with van der Waals surface area (Å²) in [5.74, 6) is 1.30. The first-order chi connectivity index (χ1) is 9.60. The molecule has 0 aliphatic heterocycles. The Balaban J connectivity index is 1.93. The van der Waals surface area contributed by atoms with E-state index in [0.717, 1.165) is 18.8 Å². The lowest BCUT2D eigenvalue weighted by Gasteiger charge is -2.23. The van der Waals surface area contributed by atoms with Gasteiger partial charge in [0.2, 0.25) is 11.1 Å². The summed E-state index contributed by atoms with van der Waals surface area (Å²) < 4.78 is 0. The molecule has 0 radical (unpaired) electrons. The fourth-order valence-electron chi connectivity index (χ4n) is 1.96. The zero-order chi connectivity index (χ0) is 14.5. The molecule has 0 unspecified atom stereocenters. The van der Waals surface area contributed by atoms with E-state index in [2.05, 4.69) is 59.1 Å². The Bertz CT molecular complexity index is 566. The average molecular weight is 291 g/mol. The van der Waals surface area contributed by atoms with Crippen LogP contribution in [0, 0.1) is 13.8 Å². The van der Waals surface area contributed by atoms with E-state index in [0.29, 0.717) is 11.1 Å². The van der Waals surface area contributed by atoms with Crippen molar-refractivity contribution in [1.29, 1.82) is 0 Å². The molecule has 5 nitrogen and oxygen atoms in total. The molecule has 2 aromatic rings. The minimum absolute atomic E-state index is 0.369. The first-order valence-electron chi connectivity index (χ1n) is 6.73. The molecule has 20 heavy (non-hydrogen) atoms. The van der Waals surface area contributed by atoms with Gasteiger partial charge in [0.25, 0.3) is 0 Å². The number of nitrogens with one attached hydrogen (secondary N) is 1. The molecule has 0 aliphatic carbocycles. The van der Waals surface area contributed by atoms with Crippen LogP contribution in [-0.4, -0.2) is 34.0 Å². The first-order valence-corrected chi connectivity index (χ1v) is 7.71. The van der Waals surface area contributed by atoms with E-state index in [-0.39, 0.29) is 0 Å². The Labute approximate surface area is 124 Å². The molecule has 0 spiro atoms. The second-order valence-corrected chi connectivity index (χ2v) is 5.76. The van der Waals surface area contributed by atoms with E-state index in [4.69, 9.17) is 5.73 Å². The van der Waals surface area contributed by atoms with Gasteiger partial charge in [0.1, 0.15) is 0 Å². The number of hydrogen-bond donors (Lipinski definition) is 2. The van der Waals surface area contributed by atoms with Crippen LogP contribution in [0.1, 0.15) is 18.1 Å². The molecule has 0 atom stereocenters. The third-order valence-corrected chi connectivity index (χ3v) is 4.14. The summed E-state index contributed by atoms with van der Waals surface area (Å²) in [5, 5.41) is 7.38. The number of nitrogens with zero attached hydrogens (tertiary/aromatic N) is 3. The van der Waals surface area contributed by atoms with Gasteiger partial charge in [0, 0.05) is 24.5 Å². The molecule has 1 aromatic carbocycles. The molecule has 2 rings (SSSR count). The monoisotopic (exact) mass is 291 g/mol. The maximum absolute atomic E-state index is 5.51. The molecule has 0 saturated carbocycles. The van der Waals surface area contributed by atoms with E-state index < -0.39 is 0 Å². The smallest absolute Gasteiger partial charge is 0.216 e. The Morgan fingerprint density at radius 1 is 1.30 bits per heavy atom. The lowest BCUT2D eigenvalue weighted by atomic mass is 10.1. The van der Waals surface area contributed by atoms with E-state index in [1.165, 1.54) is 16.8 Å². The zero-order valence-corrected chi connectivity index (χ0v) is 13.0. The molecule has 0 bridgehead atoms. The highest BCUT2D eigenvalue weighted by Crippen LogP contribution is 2.20. The number of hydrogen-bond acceptors (Lipinski definition) is 5. The maximum Gasteiger partial charge on any atom is 0.216 e. The quantitative estimate of drug-likeness (QED) is 0.801. The van der Waals surface area contributed by atoms with Crippen molar-refractivity contribution in [3.05, 3.63) is 29.3 Å². The van der Waals surface area contributed by atoms with Crippen molar-refractivity contribution in [3.63, 3.8) is 0 Å². The van der Waals surface area contributed by atoms with E-state index in [1.807, 2.05) is 0 Å². The fraction of sp³-hybridized carbons (Fsp3) is 0.429. The fourth-order valence-corrected chi connectivity index (χ4v) is 2.73. The van der Waals surface area contributed by atoms with Crippen LogP contribution in [0.5, 0.6) is 0 Å². The van der Waals surface area contributed by atoms with Gasteiger partial charge in [0.15, 0.2) is 0 Å². The van der Waals surface area contributed by atoms with Crippen molar-refractivity contribution >= 4 is 23.4 Å². The number of anilines is 2. The molecule has 1 heterocycles. The van der Waals surface area contributed by atoms with Gasteiger partial charge in [-0.25, -0.2) is 5.10 Å². The number of aromatic nitrogens is 3. The van der Waals surface area contributed by atoms with E-state index in [9.17, 15) is 0 Å². The van der Waals surface area contributed by atoms with Gasteiger partial charge in [-0.15, -0.1) is 5.10 Å². The number of H-pyrrole nitrogens is 1. The number of nitrogens with two attached hydrogens (primary N) is 1. The summed E-state index contributed by atoms with van der Waals surface area (Å²) in [6, 6.07) is 6.60. The molecular weight excluding hydrogens is 270 g/mol. The minimum atomic E-state index is 0.369. The predicted octanol–water partition coefficient (Wildman–Crippen LogP) is 2.62. The normalized spacial score (nSPS) is 10.8. The molecular formula is C14H21N5S. The van der Waals surface area contributed by atoms with Gasteiger partial charge >= 0.3 is 0 Å². The average Bonchev–Trinajstić information content (AvgIpc) is 2.84. The van der Waals surface area contributed by atoms with Gasteiger partial charge in [-0.2, -0.15) is 4.98 Å². The standard InChI is InChI=1S/C14H21N5S/c1-4-19(12-6-5-10(2)11(3)9-12)7-8-20-14-16-13(15)17-18-14/h5-6,9H,4,7-8H2,1-3H3,(H3,15,16,17,18). The molecule has 6 heteroatoms. The second-order valence-electron chi connectivity index (χ2n) is 4.70. The van der Waals surface area contributed by atoms with Crippen molar-refractivity contribution in [2.24, 2.45) is 0 Å². The van der Waals surface area contributed by atoms with Crippen LogP contribution in [0.15, 0.2) is 23.4 Å². The summed E-state index contributed by atoms with van der Waals surface area (Å²) in [6.07, 6.45) is 0. The Morgan fingerprint density at radius 2 is 2.10 bits per heavy atom. The van der Waals surface area contributed by atoms with Crippen LogP contribution in [0.3, 0.4) is 0 Å². The topological polar surface area (TPSA) is 70.8 Å². The van der Waals surface area contributed by atoms with Gasteiger partial charge in [-0.05, 0) is 44.0 Å². The zero-order valence-electron chi connectivity index (χ0n) is 12.2. The number of nitrogen functional groups attached to an aromatic ring is 1. The Hall–Kier alpha value is -1.69. The van der Waals surface area contributed by atoms with Crippen LogP contribution < -0.4 is 10.6 Å². The first kappa shape index (κ1) is 14.7. The van der Waals surface area contributed by atoms with Crippen LogP contribution in [-0.2, 0) is 0 Å². The maximum atomic E-state index is 5.51. The van der Waals surface area contributed by atoms with Crippen molar-refractivity contribution < 1.29 is 0 Å². The van der Waals surface area contributed by atoms with Crippen LogP contribution >= 0.6 is 11.8 Å². The summed E-state index contributed by atoms with van der Waals surface area (Å²) in [5.41, 5.74) is 9.43. The minimum Gasteiger partial charge on any atom is -0.371 e. The van der Waals surface area contributed by atoms with Gasteiger partial charge in [-0.1, -0.05) is 17.8 Å². The highest BCUT2D eigenvalue weighted by Gasteiger charge is 2.07. The third kappa shape index (κ3) is 3.66. The molecule has 0 fully saturated rings. The molecule has 0 saturated heterocycles. The SMILES string of the molecule is CCN(CCSc1n[nH]c(N)n1)c1ccc(C)c(C)c1. The Kier molecular flexibility index (Phi) is 4.89. The van der Waals surface area contributed by atoms with Crippen LogP contribution in [0.2, 0.25) is 0 Å². The summed E-state index contributed by atoms with van der Waals surface area (Å²) in [7, 11) is 0. The number of benzene rings is 1. The van der Waals surface area contributed by atoms with E-state index >= 15 is 0 Å². The lowest BCUT2D eigenvalue weighted by Crippen LogP contribution is -2.25. The van der Waals surface area contributed by atoms with Gasteiger partial charge in [-0.3, -0.25) is 0 Å². The third-order valence-electron chi connectivity index (χ3n) is 3.31. The highest BCUT2D eigenvalue weighted by molar-refractivity contribution is 7.99. The van der Waals surface area contributed by atoms with Crippen molar-refractivity contribution in [2.75, 3.05) is 29.5 Å². The molecule has 0 aliphatic rings. The second kappa shape index (κ2) is 6.65. The largest absolute Gasteiger partial charge is 0.371 e. The molecule has 3 N–H and O–H groups in total. The van der Waals surface area contributed by atoms with Crippen molar-refractivity contribution in [1.82, 2.24) is 15.2 Å². The lowest BCUT2D eigenvalue weighted by molar-refractivity contribution is 0.868. The van der Waals surface area contributed by atoms with Crippen molar-refractivity contribution in [2.45, 2.75) is 25.9 Å². The van der Waals surface area contributed by atoms with Crippen LogP contribution in [0.4, 0.5) is 11.6 Å². The van der Waals surface area contributed by atoms with Gasteiger partial charge in [0.05, 0.1) is 0 Å². The van der Waals surface area contributed by atoms with Gasteiger partial charge < -0.3 is 10.6 Å². The van der Waals surface area contributed by atoms with Crippen LogP contribution in [0.25, 0.3) is 0 Å². The van der Waals surface area contributed by atoms with Crippen molar-refractivity contribution in [3.8, 4) is 0 Å². The number of rotatable bonds is 6. The number of aryl methyl sites for hydroxylation is 2. The Morgan fingerprint density at radius 3 is 2.70 bits per heavy atom. The number of aromatic amines is 1.